The molecule has 0 saturated heterocycles. The van der Waals surface area contributed by atoms with E-state index < -0.39 is 53.7 Å². The summed E-state index contributed by atoms with van der Waals surface area (Å²) in [5.74, 6) is -7.83. The van der Waals surface area contributed by atoms with Crippen molar-refractivity contribution in [2.75, 3.05) is 0 Å². The van der Waals surface area contributed by atoms with Crippen LogP contribution in [-0.2, 0) is 28.7 Å². The van der Waals surface area contributed by atoms with Crippen LogP contribution in [0.1, 0.15) is 46.0 Å². The summed E-state index contributed by atoms with van der Waals surface area (Å²) in [5.41, 5.74) is -0.249. The quantitative estimate of drug-likeness (QED) is 0.250. The van der Waals surface area contributed by atoms with Gasteiger partial charge >= 0.3 is 29.8 Å². The summed E-state index contributed by atoms with van der Waals surface area (Å²) in [6, 6.07) is 0. The molecule has 1 unspecified atom stereocenters. The molecule has 1 rings (SSSR count). The largest absolute Gasteiger partial charge is 0.481 e. The molecule has 0 amide bonds. The zero-order valence-electron chi connectivity index (χ0n) is 16.2. The summed E-state index contributed by atoms with van der Waals surface area (Å²) in [4.78, 5) is 57.8. The van der Waals surface area contributed by atoms with Gasteiger partial charge in [0.2, 0.25) is 0 Å². The molecule has 0 aliphatic carbocycles. The first-order valence-electron chi connectivity index (χ1n) is 9.18. The lowest BCUT2D eigenvalue weighted by molar-refractivity contribution is -0.151. The summed E-state index contributed by atoms with van der Waals surface area (Å²) in [7, 11) is 0. The fourth-order valence-corrected chi connectivity index (χ4v) is 2.89. The van der Waals surface area contributed by atoms with Crippen LogP contribution in [0.5, 0.6) is 0 Å². The lowest BCUT2D eigenvalue weighted by Gasteiger charge is -2.16. The SMILES string of the molecule is CC/C=C/C1=C(CC(/C=C(\C(=O)O)[C@H](CCC(=O)O)C(=O)O)CC)C(=O)OC1=O. The number of cyclic esters (lactones) is 2. The Bertz CT molecular complexity index is 786. The standard InChI is InChI=1S/C20H24O9/c1-3-5-6-13-15(20(28)29-19(13)27)10-11(4-2)9-14(18(25)26)12(17(23)24)7-8-16(21)22/h5-6,9,11-12H,3-4,7-8,10H2,1-2H3,(H,21,22)(H,23,24)(H,25,26)/b6-5+,14-9-/t11?,12-/m0/s1. The lowest BCUT2D eigenvalue weighted by atomic mass is 9.87. The van der Waals surface area contributed by atoms with Gasteiger partial charge in [-0.2, -0.15) is 0 Å². The van der Waals surface area contributed by atoms with E-state index in [1.54, 1.807) is 13.0 Å². The Hall–Kier alpha value is -3.23. The molecule has 0 fully saturated rings. The molecular formula is C20H24O9. The number of carbonyl (C=O) groups is 5. The molecule has 0 aromatic rings. The van der Waals surface area contributed by atoms with E-state index in [0.717, 1.165) is 0 Å². The molecule has 29 heavy (non-hydrogen) atoms. The van der Waals surface area contributed by atoms with E-state index >= 15 is 0 Å². The molecule has 1 aliphatic rings. The van der Waals surface area contributed by atoms with Crippen molar-refractivity contribution < 1.29 is 44.0 Å². The normalized spacial score (nSPS) is 16.8. The third-order valence-corrected chi connectivity index (χ3v) is 4.47. The van der Waals surface area contributed by atoms with Gasteiger partial charge in [-0.05, 0) is 31.6 Å². The van der Waals surface area contributed by atoms with Gasteiger partial charge < -0.3 is 20.1 Å². The van der Waals surface area contributed by atoms with Gasteiger partial charge in [0.1, 0.15) is 0 Å². The van der Waals surface area contributed by atoms with Gasteiger partial charge in [0, 0.05) is 12.0 Å². The van der Waals surface area contributed by atoms with Crippen molar-refractivity contribution in [2.24, 2.45) is 11.8 Å². The number of ether oxygens (including phenoxy) is 1. The summed E-state index contributed by atoms with van der Waals surface area (Å²) in [6.45, 7) is 3.57. The lowest BCUT2D eigenvalue weighted by Crippen LogP contribution is -2.23. The zero-order chi connectivity index (χ0) is 22.1. The van der Waals surface area contributed by atoms with Crippen LogP contribution < -0.4 is 0 Å². The number of hydrogen-bond acceptors (Lipinski definition) is 6. The average Bonchev–Trinajstić information content (AvgIpc) is 2.90. The van der Waals surface area contributed by atoms with Gasteiger partial charge in [-0.1, -0.05) is 32.1 Å². The number of allylic oxidation sites excluding steroid dienone is 2. The summed E-state index contributed by atoms with van der Waals surface area (Å²) >= 11 is 0. The second kappa shape index (κ2) is 10.9. The van der Waals surface area contributed by atoms with E-state index in [1.165, 1.54) is 12.2 Å². The van der Waals surface area contributed by atoms with E-state index in [1.807, 2.05) is 6.92 Å². The van der Waals surface area contributed by atoms with Crippen LogP contribution in [0.15, 0.2) is 34.9 Å². The molecule has 158 valence electrons. The molecule has 2 atom stereocenters. The predicted octanol–water partition coefficient (Wildman–Crippen LogP) is 2.33. The van der Waals surface area contributed by atoms with Gasteiger partial charge in [0.05, 0.1) is 17.1 Å². The van der Waals surface area contributed by atoms with E-state index in [0.29, 0.717) is 12.8 Å². The highest BCUT2D eigenvalue weighted by molar-refractivity contribution is 6.14. The maximum absolute atomic E-state index is 12.0. The Balaban J connectivity index is 3.26. The molecule has 0 spiro atoms. The Labute approximate surface area is 167 Å². The Kier molecular flexibility index (Phi) is 8.98. The highest BCUT2D eigenvalue weighted by atomic mass is 16.6. The minimum Gasteiger partial charge on any atom is -0.481 e. The van der Waals surface area contributed by atoms with E-state index in [-0.39, 0.29) is 24.0 Å². The van der Waals surface area contributed by atoms with Crippen molar-refractivity contribution in [1.29, 1.82) is 0 Å². The third kappa shape index (κ3) is 6.70. The molecule has 0 aromatic heterocycles. The van der Waals surface area contributed by atoms with Crippen LogP contribution in [0.4, 0.5) is 0 Å². The van der Waals surface area contributed by atoms with Crippen molar-refractivity contribution in [3.63, 3.8) is 0 Å². The fraction of sp³-hybridized carbons (Fsp3) is 0.450. The molecule has 0 radical (unpaired) electrons. The van der Waals surface area contributed by atoms with Gasteiger partial charge in [0.15, 0.2) is 0 Å². The topological polar surface area (TPSA) is 155 Å². The number of carboxylic acid groups (broad SMARTS) is 3. The summed E-state index contributed by atoms with van der Waals surface area (Å²) in [6.07, 6.45) is 4.48. The molecular weight excluding hydrogens is 384 g/mol. The van der Waals surface area contributed by atoms with E-state index in [4.69, 9.17) is 5.11 Å². The van der Waals surface area contributed by atoms with Crippen molar-refractivity contribution in [2.45, 2.75) is 46.0 Å². The monoisotopic (exact) mass is 408 g/mol. The maximum atomic E-state index is 12.0. The molecule has 3 N–H and O–H groups in total. The smallest absolute Gasteiger partial charge is 0.346 e. The van der Waals surface area contributed by atoms with Crippen LogP contribution in [0.3, 0.4) is 0 Å². The second-order valence-electron chi connectivity index (χ2n) is 6.50. The summed E-state index contributed by atoms with van der Waals surface area (Å²) < 4.78 is 4.63. The summed E-state index contributed by atoms with van der Waals surface area (Å²) in [5, 5.41) is 27.6. The fourth-order valence-electron chi connectivity index (χ4n) is 2.89. The third-order valence-electron chi connectivity index (χ3n) is 4.47. The number of hydrogen-bond donors (Lipinski definition) is 3. The Morgan fingerprint density at radius 1 is 1.07 bits per heavy atom. The number of aliphatic carboxylic acids is 3. The van der Waals surface area contributed by atoms with Gasteiger partial charge in [0.25, 0.3) is 0 Å². The van der Waals surface area contributed by atoms with Crippen LogP contribution in [-0.4, -0.2) is 45.2 Å². The van der Waals surface area contributed by atoms with Gasteiger partial charge in [-0.15, -0.1) is 0 Å². The number of esters is 2. The van der Waals surface area contributed by atoms with E-state index in [2.05, 4.69) is 4.74 Å². The van der Waals surface area contributed by atoms with E-state index in [9.17, 15) is 34.2 Å². The molecule has 0 bridgehead atoms. The Morgan fingerprint density at radius 2 is 1.72 bits per heavy atom. The predicted molar refractivity (Wildman–Crippen MR) is 99.7 cm³/mol. The van der Waals surface area contributed by atoms with Gasteiger partial charge in [-0.3, -0.25) is 9.59 Å². The molecule has 9 nitrogen and oxygen atoms in total. The minimum absolute atomic E-state index is 0.00743. The van der Waals surface area contributed by atoms with Crippen LogP contribution in [0.25, 0.3) is 0 Å². The second-order valence-corrected chi connectivity index (χ2v) is 6.50. The number of rotatable bonds is 12. The molecule has 1 aliphatic heterocycles. The maximum Gasteiger partial charge on any atom is 0.346 e. The molecule has 1 heterocycles. The molecule has 0 aromatic carbocycles. The van der Waals surface area contributed by atoms with Crippen LogP contribution in [0.2, 0.25) is 0 Å². The van der Waals surface area contributed by atoms with Crippen LogP contribution in [0, 0.1) is 11.8 Å². The van der Waals surface area contributed by atoms with Crippen molar-refractivity contribution in [3.8, 4) is 0 Å². The highest BCUT2D eigenvalue weighted by Gasteiger charge is 2.33. The van der Waals surface area contributed by atoms with Crippen molar-refractivity contribution >= 4 is 29.8 Å². The highest BCUT2D eigenvalue weighted by Crippen LogP contribution is 2.29. The number of carbonyl (C=O) groups excluding carboxylic acids is 2. The van der Waals surface area contributed by atoms with Gasteiger partial charge in [-0.25, -0.2) is 14.4 Å². The minimum atomic E-state index is -1.51. The number of carboxylic acids is 3. The molecule has 9 heteroatoms. The molecule has 0 saturated carbocycles. The zero-order valence-corrected chi connectivity index (χ0v) is 16.2. The average molecular weight is 408 g/mol. The van der Waals surface area contributed by atoms with Crippen molar-refractivity contribution in [1.82, 2.24) is 0 Å². The van der Waals surface area contributed by atoms with Crippen LogP contribution >= 0.6 is 0 Å². The van der Waals surface area contributed by atoms with Crippen molar-refractivity contribution in [3.05, 3.63) is 34.9 Å². The first-order valence-corrected chi connectivity index (χ1v) is 9.18. The Morgan fingerprint density at radius 3 is 2.21 bits per heavy atom. The first-order chi connectivity index (χ1) is 13.6. The first kappa shape index (κ1) is 23.8.